The molecule has 0 spiro atoms. The number of carboxylic acid groups (broad SMARTS) is 1. The third-order valence-corrected chi connectivity index (χ3v) is 3.59. The maximum absolute atomic E-state index is 13.1. The first-order chi connectivity index (χ1) is 7.28. The summed E-state index contributed by atoms with van der Waals surface area (Å²) in [5, 5.41) is 8.46. The predicted molar refractivity (Wildman–Crippen MR) is 49.3 cm³/mol. The van der Waals surface area contributed by atoms with E-state index in [2.05, 4.69) is 0 Å². The molecule has 0 radical (unpaired) electrons. The maximum Gasteiger partial charge on any atom is 0.421 e. The van der Waals surface area contributed by atoms with Gasteiger partial charge in [0.05, 0.1) is 0 Å². The van der Waals surface area contributed by atoms with E-state index in [0.717, 1.165) is 18.2 Å². The third-order valence-electron chi connectivity index (χ3n) is 1.81. The Bertz CT molecular complexity index is 509. The van der Waals surface area contributed by atoms with Crippen LogP contribution in [0.15, 0.2) is 23.1 Å². The van der Waals surface area contributed by atoms with E-state index in [1.165, 1.54) is 0 Å². The van der Waals surface area contributed by atoms with Gasteiger partial charge in [-0.3, -0.25) is 0 Å². The van der Waals surface area contributed by atoms with Crippen molar-refractivity contribution >= 4 is 16.1 Å². The Morgan fingerprint density at radius 1 is 1.31 bits per heavy atom. The van der Waals surface area contributed by atoms with Gasteiger partial charge < -0.3 is 5.11 Å². The first-order valence-corrected chi connectivity index (χ1v) is 5.38. The SMILES string of the molecule is CN(C(=O)O)S(=O)(=O)c1c(F)cccc1F. The van der Waals surface area contributed by atoms with Crippen LogP contribution < -0.4 is 0 Å². The highest BCUT2D eigenvalue weighted by Crippen LogP contribution is 2.21. The monoisotopic (exact) mass is 251 g/mol. The lowest BCUT2D eigenvalue weighted by Gasteiger charge is -2.14. The Morgan fingerprint density at radius 2 is 1.75 bits per heavy atom. The van der Waals surface area contributed by atoms with Crippen LogP contribution in [-0.4, -0.2) is 31.0 Å². The summed E-state index contributed by atoms with van der Waals surface area (Å²) in [6.07, 6.45) is -1.83. The lowest BCUT2D eigenvalue weighted by molar-refractivity contribution is 0.178. The largest absolute Gasteiger partial charge is 0.464 e. The van der Waals surface area contributed by atoms with Crippen molar-refractivity contribution in [1.29, 1.82) is 0 Å². The topological polar surface area (TPSA) is 74.7 Å². The van der Waals surface area contributed by atoms with Crippen LogP contribution >= 0.6 is 0 Å². The molecule has 0 aliphatic heterocycles. The van der Waals surface area contributed by atoms with Gasteiger partial charge in [-0.1, -0.05) is 6.07 Å². The third kappa shape index (κ3) is 1.96. The lowest BCUT2D eigenvalue weighted by Crippen LogP contribution is -2.33. The summed E-state index contributed by atoms with van der Waals surface area (Å²) in [4.78, 5) is 9.17. The zero-order chi connectivity index (χ0) is 12.5. The van der Waals surface area contributed by atoms with Crippen molar-refractivity contribution in [3.8, 4) is 0 Å². The second kappa shape index (κ2) is 4.05. The molecule has 0 saturated carbocycles. The summed E-state index contributed by atoms with van der Waals surface area (Å²) in [5.41, 5.74) is 0. The second-order valence-corrected chi connectivity index (χ2v) is 4.71. The summed E-state index contributed by atoms with van der Waals surface area (Å²) in [7, 11) is -4.03. The molecule has 0 aromatic heterocycles. The van der Waals surface area contributed by atoms with E-state index in [4.69, 9.17) is 5.11 Å². The van der Waals surface area contributed by atoms with Crippen molar-refractivity contribution < 1.29 is 27.1 Å². The Morgan fingerprint density at radius 3 is 2.12 bits per heavy atom. The molecule has 1 amide bonds. The van der Waals surface area contributed by atoms with Gasteiger partial charge in [0.15, 0.2) is 4.90 Å². The molecule has 0 unspecified atom stereocenters. The van der Waals surface area contributed by atoms with Crippen LogP contribution in [0.25, 0.3) is 0 Å². The summed E-state index contributed by atoms with van der Waals surface area (Å²) < 4.78 is 49.1. The molecule has 0 heterocycles. The standard InChI is InChI=1S/C8H7F2NO4S/c1-11(8(12)13)16(14,15)7-5(9)3-2-4-6(7)10/h2-4H,1H3,(H,12,13). The molecule has 8 heteroatoms. The van der Waals surface area contributed by atoms with E-state index in [1.807, 2.05) is 0 Å². The quantitative estimate of drug-likeness (QED) is 0.858. The van der Waals surface area contributed by atoms with Gasteiger partial charge in [-0.05, 0) is 12.1 Å². The van der Waals surface area contributed by atoms with Gasteiger partial charge in [0.1, 0.15) is 11.6 Å². The molecule has 0 saturated heterocycles. The summed E-state index contributed by atoms with van der Waals surface area (Å²) in [5.74, 6) is -2.68. The average molecular weight is 251 g/mol. The van der Waals surface area contributed by atoms with Crippen molar-refractivity contribution in [2.75, 3.05) is 7.05 Å². The molecule has 1 aromatic rings. The minimum absolute atomic E-state index is 0.158. The smallest absolute Gasteiger partial charge is 0.421 e. The van der Waals surface area contributed by atoms with Crippen LogP contribution in [0.3, 0.4) is 0 Å². The molecule has 5 nitrogen and oxygen atoms in total. The number of amides is 1. The zero-order valence-corrected chi connectivity index (χ0v) is 8.83. The van der Waals surface area contributed by atoms with Gasteiger partial charge in [0.2, 0.25) is 0 Å². The fourth-order valence-corrected chi connectivity index (χ4v) is 2.08. The molecule has 88 valence electrons. The van der Waals surface area contributed by atoms with E-state index in [1.54, 1.807) is 0 Å². The number of hydrogen-bond donors (Lipinski definition) is 1. The van der Waals surface area contributed by atoms with Crippen LogP contribution in [0.1, 0.15) is 0 Å². The first-order valence-electron chi connectivity index (χ1n) is 3.94. The van der Waals surface area contributed by atoms with Gasteiger partial charge >= 0.3 is 6.09 Å². The van der Waals surface area contributed by atoms with Crippen molar-refractivity contribution in [2.24, 2.45) is 0 Å². The summed E-state index contributed by atoms with van der Waals surface area (Å²) >= 11 is 0. The van der Waals surface area contributed by atoms with Gasteiger partial charge in [-0.25, -0.2) is 26.3 Å². The molecule has 1 rings (SSSR count). The normalized spacial score (nSPS) is 11.2. The molecule has 0 bridgehead atoms. The van der Waals surface area contributed by atoms with E-state index in [0.29, 0.717) is 7.05 Å². The number of rotatable bonds is 2. The zero-order valence-electron chi connectivity index (χ0n) is 8.02. The number of benzene rings is 1. The Balaban J connectivity index is 3.45. The highest BCUT2D eigenvalue weighted by atomic mass is 32.2. The molecular weight excluding hydrogens is 244 g/mol. The number of nitrogens with zero attached hydrogens (tertiary/aromatic N) is 1. The van der Waals surface area contributed by atoms with Gasteiger partial charge in [0.25, 0.3) is 10.0 Å². The fourth-order valence-electron chi connectivity index (χ4n) is 0.969. The van der Waals surface area contributed by atoms with Crippen LogP contribution in [0.5, 0.6) is 0 Å². The predicted octanol–water partition coefficient (Wildman–Crippen LogP) is 1.26. The highest BCUT2D eigenvalue weighted by Gasteiger charge is 2.31. The second-order valence-electron chi connectivity index (χ2n) is 2.81. The average Bonchev–Trinajstić information content (AvgIpc) is 2.15. The Hall–Kier alpha value is -1.70. The maximum atomic E-state index is 13.1. The molecule has 16 heavy (non-hydrogen) atoms. The lowest BCUT2D eigenvalue weighted by atomic mass is 10.3. The molecule has 1 N–H and O–H groups in total. The minimum Gasteiger partial charge on any atom is -0.464 e. The van der Waals surface area contributed by atoms with Crippen molar-refractivity contribution in [2.45, 2.75) is 4.90 Å². The Labute approximate surface area is 90.0 Å². The van der Waals surface area contributed by atoms with E-state index in [9.17, 15) is 22.0 Å². The number of hydrogen-bond acceptors (Lipinski definition) is 3. The van der Waals surface area contributed by atoms with Crippen molar-refractivity contribution in [3.63, 3.8) is 0 Å². The fraction of sp³-hybridized carbons (Fsp3) is 0.125. The van der Waals surface area contributed by atoms with E-state index >= 15 is 0 Å². The summed E-state index contributed by atoms with van der Waals surface area (Å²) in [6, 6.07) is 2.43. The van der Waals surface area contributed by atoms with Gasteiger partial charge in [0, 0.05) is 7.05 Å². The van der Waals surface area contributed by atoms with Crippen molar-refractivity contribution in [3.05, 3.63) is 29.8 Å². The van der Waals surface area contributed by atoms with Crippen LogP contribution in [0.4, 0.5) is 13.6 Å². The van der Waals surface area contributed by atoms with Gasteiger partial charge in [-0.15, -0.1) is 0 Å². The molecule has 0 aliphatic rings. The molecule has 0 fully saturated rings. The Kier molecular flexibility index (Phi) is 3.13. The van der Waals surface area contributed by atoms with Gasteiger partial charge in [-0.2, -0.15) is 0 Å². The molecular formula is C8H7F2NO4S. The molecule has 0 aliphatic carbocycles. The number of halogens is 2. The van der Waals surface area contributed by atoms with E-state index in [-0.39, 0.29) is 4.31 Å². The number of sulfonamides is 1. The van der Waals surface area contributed by atoms with Crippen LogP contribution in [0.2, 0.25) is 0 Å². The molecule has 1 aromatic carbocycles. The number of carbonyl (C=O) groups is 1. The van der Waals surface area contributed by atoms with E-state index < -0.39 is 32.6 Å². The van der Waals surface area contributed by atoms with Crippen LogP contribution in [0, 0.1) is 11.6 Å². The van der Waals surface area contributed by atoms with Crippen LogP contribution in [-0.2, 0) is 10.0 Å². The van der Waals surface area contributed by atoms with Crippen molar-refractivity contribution in [1.82, 2.24) is 4.31 Å². The minimum atomic E-state index is -4.72. The molecule has 0 atom stereocenters. The first kappa shape index (κ1) is 12.4. The summed E-state index contributed by atoms with van der Waals surface area (Å²) in [6.45, 7) is 0. The highest BCUT2D eigenvalue weighted by molar-refractivity contribution is 7.89.